The molecule has 0 aliphatic heterocycles. The van der Waals surface area contributed by atoms with E-state index in [4.69, 9.17) is 4.74 Å². The summed E-state index contributed by atoms with van der Waals surface area (Å²) < 4.78 is 17.9. The Morgan fingerprint density at radius 3 is 2.38 bits per heavy atom. The van der Waals surface area contributed by atoms with Gasteiger partial charge in [-0.1, -0.05) is 24.3 Å². The first-order valence-corrected chi connectivity index (χ1v) is 8.12. The normalized spacial score (nSPS) is 11.8. The molecule has 0 fully saturated rings. The van der Waals surface area contributed by atoms with E-state index >= 15 is 0 Å². The monoisotopic (exact) mass is 356 g/mol. The highest BCUT2D eigenvalue weighted by Crippen LogP contribution is 2.12. The standard InChI is InChI=1S/C20H21FN2O3/c1-14(20(25)22-13-16-3-8-17(21)9-4-16)23-19(24)12-7-15-5-10-18(26-2)11-6-15/h3-12,14H,13H2,1-2H3,(H,22,25)(H,23,24)/b12-7+. The van der Waals surface area contributed by atoms with Gasteiger partial charge < -0.3 is 15.4 Å². The molecule has 0 aliphatic carbocycles. The molecule has 2 amide bonds. The third-order valence-electron chi connectivity index (χ3n) is 3.68. The molecule has 5 nitrogen and oxygen atoms in total. The fourth-order valence-corrected chi connectivity index (χ4v) is 2.16. The van der Waals surface area contributed by atoms with Gasteiger partial charge in [0.25, 0.3) is 0 Å². The van der Waals surface area contributed by atoms with Gasteiger partial charge in [-0.05, 0) is 48.4 Å². The Morgan fingerprint density at radius 2 is 1.77 bits per heavy atom. The van der Waals surface area contributed by atoms with Crippen molar-refractivity contribution in [1.82, 2.24) is 10.6 Å². The molecule has 0 spiro atoms. The molecular formula is C20H21FN2O3. The SMILES string of the molecule is COc1ccc(/C=C/C(=O)NC(C)C(=O)NCc2ccc(F)cc2)cc1. The van der Waals surface area contributed by atoms with Gasteiger partial charge in [-0.25, -0.2) is 4.39 Å². The molecule has 2 aromatic rings. The Kier molecular flexibility index (Phi) is 6.91. The Hall–Kier alpha value is -3.15. The summed E-state index contributed by atoms with van der Waals surface area (Å²) in [5.74, 6) is -0.284. The van der Waals surface area contributed by atoms with Crippen LogP contribution in [0, 0.1) is 5.82 Å². The lowest BCUT2D eigenvalue weighted by molar-refractivity contribution is -0.126. The first-order chi connectivity index (χ1) is 12.5. The number of methoxy groups -OCH3 is 1. The maximum absolute atomic E-state index is 12.8. The number of hydrogen-bond donors (Lipinski definition) is 2. The van der Waals surface area contributed by atoms with E-state index in [2.05, 4.69) is 10.6 Å². The summed E-state index contributed by atoms with van der Waals surface area (Å²) in [6.07, 6.45) is 3.02. The molecular weight excluding hydrogens is 335 g/mol. The van der Waals surface area contributed by atoms with Gasteiger partial charge in [0.05, 0.1) is 7.11 Å². The smallest absolute Gasteiger partial charge is 0.244 e. The van der Waals surface area contributed by atoms with E-state index in [-0.39, 0.29) is 24.2 Å². The van der Waals surface area contributed by atoms with Crippen molar-refractivity contribution in [2.24, 2.45) is 0 Å². The van der Waals surface area contributed by atoms with E-state index in [1.54, 1.807) is 44.4 Å². The first-order valence-electron chi connectivity index (χ1n) is 8.12. The van der Waals surface area contributed by atoms with Gasteiger partial charge in [0.15, 0.2) is 0 Å². The zero-order chi connectivity index (χ0) is 18.9. The average molecular weight is 356 g/mol. The van der Waals surface area contributed by atoms with Crippen molar-refractivity contribution in [2.75, 3.05) is 7.11 Å². The summed E-state index contributed by atoms with van der Waals surface area (Å²) in [7, 11) is 1.58. The maximum Gasteiger partial charge on any atom is 0.244 e. The summed E-state index contributed by atoms with van der Waals surface area (Å²) in [4.78, 5) is 23.9. The van der Waals surface area contributed by atoms with Crippen LogP contribution in [0.2, 0.25) is 0 Å². The first kappa shape index (κ1) is 19.2. The number of ether oxygens (including phenoxy) is 1. The van der Waals surface area contributed by atoms with Gasteiger partial charge in [-0.15, -0.1) is 0 Å². The molecule has 0 saturated carbocycles. The fraction of sp³-hybridized carbons (Fsp3) is 0.200. The van der Waals surface area contributed by atoms with Crippen LogP contribution in [0.3, 0.4) is 0 Å². The molecule has 6 heteroatoms. The largest absolute Gasteiger partial charge is 0.497 e. The lowest BCUT2D eigenvalue weighted by Crippen LogP contribution is -2.44. The van der Waals surface area contributed by atoms with Crippen molar-refractivity contribution in [3.63, 3.8) is 0 Å². The van der Waals surface area contributed by atoms with Crippen LogP contribution in [-0.4, -0.2) is 25.0 Å². The third kappa shape index (κ3) is 6.05. The van der Waals surface area contributed by atoms with Crippen molar-refractivity contribution in [3.05, 3.63) is 71.6 Å². The summed E-state index contributed by atoms with van der Waals surface area (Å²) in [5.41, 5.74) is 1.62. The van der Waals surface area contributed by atoms with Gasteiger partial charge in [0.2, 0.25) is 11.8 Å². The van der Waals surface area contributed by atoms with Crippen LogP contribution < -0.4 is 15.4 Å². The van der Waals surface area contributed by atoms with Crippen molar-refractivity contribution >= 4 is 17.9 Å². The molecule has 2 N–H and O–H groups in total. The van der Waals surface area contributed by atoms with Crippen LogP contribution in [0.4, 0.5) is 4.39 Å². The van der Waals surface area contributed by atoms with Crippen LogP contribution in [0.1, 0.15) is 18.1 Å². The highest BCUT2D eigenvalue weighted by Gasteiger charge is 2.13. The third-order valence-corrected chi connectivity index (χ3v) is 3.68. The quantitative estimate of drug-likeness (QED) is 0.750. The van der Waals surface area contributed by atoms with Gasteiger partial charge in [0, 0.05) is 12.6 Å². The van der Waals surface area contributed by atoms with E-state index in [0.29, 0.717) is 0 Å². The molecule has 1 atom stereocenters. The van der Waals surface area contributed by atoms with E-state index in [0.717, 1.165) is 16.9 Å². The molecule has 0 aromatic heterocycles. The van der Waals surface area contributed by atoms with Crippen LogP contribution in [0.15, 0.2) is 54.6 Å². The predicted octanol–water partition coefficient (Wildman–Crippen LogP) is 2.67. The average Bonchev–Trinajstić information content (AvgIpc) is 2.66. The Morgan fingerprint density at radius 1 is 1.12 bits per heavy atom. The highest BCUT2D eigenvalue weighted by molar-refractivity contribution is 5.95. The van der Waals surface area contributed by atoms with Gasteiger partial charge in [0.1, 0.15) is 17.6 Å². The molecule has 1 unspecified atom stereocenters. The zero-order valence-corrected chi connectivity index (χ0v) is 14.7. The summed E-state index contributed by atoms with van der Waals surface area (Å²) >= 11 is 0. The van der Waals surface area contributed by atoms with Gasteiger partial charge in [-0.2, -0.15) is 0 Å². The molecule has 0 saturated heterocycles. The minimum Gasteiger partial charge on any atom is -0.497 e. The van der Waals surface area contributed by atoms with E-state index in [1.807, 2.05) is 12.1 Å². The number of rotatable bonds is 7. The number of hydrogen-bond acceptors (Lipinski definition) is 3. The summed E-state index contributed by atoms with van der Waals surface area (Å²) in [6, 6.07) is 12.4. The second-order valence-corrected chi connectivity index (χ2v) is 5.68. The number of amides is 2. The molecule has 0 aliphatic rings. The van der Waals surface area contributed by atoms with Crippen LogP contribution in [0.25, 0.3) is 6.08 Å². The fourth-order valence-electron chi connectivity index (χ4n) is 2.16. The van der Waals surface area contributed by atoms with Gasteiger partial charge in [-0.3, -0.25) is 9.59 Å². The summed E-state index contributed by atoms with van der Waals surface area (Å²) in [5, 5.41) is 5.29. The van der Waals surface area contributed by atoms with Crippen LogP contribution >= 0.6 is 0 Å². The Balaban J connectivity index is 1.80. The minimum atomic E-state index is -0.691. The number of nitrogens with one attached hydrogen (secondary N) is 2. The lowest BCUT2D eigenvalue weighted by atomic mass is 10.2. The molecule has 0 heterocycles. The topological polar surface area (TPSA) is 67.4 Å². The van der Waals surface area contributed by atoms with Crippen LogP contribution in [0.5, 0.6) is 5.75 Å². The molecule has 2 rings (SSSR count). The highest BCUT2D eigenvalue weighted by atomic mass is 19.1. The second-order valence-electron chi connectivity index (χ2n) is 5.68. The molecule has 0 radical (unpaired) electrons. The van der Waals surface area contributed by atoms with Crippen molar-refractivity contribution in [3.8, 4) is 5.75 Å². The predicted molar refractivity (Wildman–Crippen MR) is 97.9 cm³/mol. The zero-order valence-electron chi connectivity index (χ0n) is 14.7. The van der Waals surface area contributed by atoms with Crippen LogP contribution in [-0.2, 0) is 16.1 Å². The maximum atomic E-state index is 12.8. The second kappa shape index (κ2) is 9.36. The number of halogens is 1. The number of carbonyl (C=O) groups excluding carboxylic acids is 2. The van der Waals surface area contributed by atoms with E-state index in [9.17, 15) is 14.0 Å². The molecule has 0 bridgehead atoms. The van der Waals surface area contributed by atoms with E-state index in [1.165, 1.54) is 18.2 Å². The van der Waals surface area contributed by atoms with Crippen molar-refractivity contribution in [2.45, 2.75) is 19.5 Å². The number of carbonyl (C=O) groups is 2. The lowest BCUT2D eigenvalue weighted by Gasteiger charge is -2.13. The van der Waals surface area contributed by atoms with Crippen molar-refractivity contribution in [1.29, 1.82) is 0 Å². The molecule has 136 valence electrons. The van der Waals surface area contributed by atoms with E-state index < -0.39 is 6.04 Å². The Labute approximate surface area is 151 Å². The molecule has 2 aromatic carbocycles. The van der Waals surface area contributed by atoms with Gasteiger partial charge >= 0.3 is 0 Å². The number of benzene rings is 2. The van der Waals surface area contributed by atoms with Crippen molar-refractivity contribution < 1.29 is 18.7 Å². The Bertz CT molecular complexity index is 771. The minimum absolute atomic E-state index is 0.265. The molecule has 26 heavy (non-hydrogen) atoms. The summed E-state index contributed by atoms with van der Waals surface area (Å²) in [6.45, 7) is 1.86.